The molecule has 3 aliphatic carbocycles. The minimum atomic E-state index is -0.0772. The Morgan fingerprint density at radius 2 is 1.55 bits per heavy atom. The lowest BCUT2D eigenvalue weighted by atomic mass is 9.70. The van der Waals surface area contributed by atoms with Crippen molar-refractivity contribution in [3.63, 3.8) is 0 Å². The summed E-state index contributed by atoms with van der Waals surface area (Å²) < 4.78 is 0. The van der Waals surface area contributed by atoms with Gasteiger partial charge in [0.25, 0.3) is 0 Å². The lowest BCUT2D eigenvalue weighted by Gasteiger charge is -2.34. The van der Waals surface area contributed by atoms with Gasteiger partial charge in [-0.2, -0.15) is 0 Å². The third kappa shape index (κ3) is 7.69. The summed E-state index contributed by atoms with van der Waals surface area (Å²) in [5.74, 6) is 0. The maximum Gasteiger partial charge on any atom is 0.0461 e. The molecular formula is C43H49N. The zero-order valence-electron chi connectivity index (χ0n) is 27.0. The van der Waals surface area contributed by atoms with E-state index in [1.807, 2.05) is 0 Å². The second-order valence-electron chi connectivity index (χ2n) is 12.3. The molecule has 44 heavy (non-hydrogen) atoms. The van der Waals surface area contributed by atoms with Gasteiger partial charge in [0.2, 0.25) is 0 Å². The minimum Gasteiger partial charge on any atom is -0.311 e. The predicted octanol–water partition coefficient (Wildman–Crippen LogP) is 12.3. The molecule has 2 aromatic rings. The number of hydrogen-bond acceptors (Lipinski definition) is 1. The Hall–Kier alpha value is -4.10. The summed E-state index contributed by atoms with van der Waals surface area (Å²) in [6.07, 6.45) is 40.4. The van der Waals surface area contributed by atoms with Gasteiger partial charge in [-0.3, -0.25) is 0 Å². The average molecular weight is 580 g/mol. The van der Waals surface area contributed by atoms with Crippen molar-refractivity contribution in [3.8, 4) is 0 Å². The number of nitrogens with zero attached hydrogens (tertiary/aromatic N) is 1. The number of rotatable bonds is 12. The van der Waals surface area contributed by atoms with Crippen LogP contribution in [-0.4, -0.2) is 0 Å². The highest BCUT2D eigenvalue weighted by Gasteiger charge is 2.31. The van der Waals surface area contributed by atoms with E-state index in [0.29, 0.717) is 0 Å². The molecular weight excluding hydrogens is 530 g/mol. The van der Waals surface area contributed by atoms with E-state index in [2.05, 4.69) is 159 Å². The maximum absolute atomic E-state index is 2.46. The zero-order valence-corrected chi connectivity index (χ0v) is 27.0. The fraction of sp³-hybridized carbons (Fsp3) is 0.302. The molecule has 0 saturated heterocycles. The summed E-state index contributed by atoms with van der Waals surface area (Å²) in [6.45, 7) is 6.87. The summed E-state index contributed by atoms with van der Waals surface area (Å²) in [7, 11) is 0. The second kappa shape index (κ2) is 15.6. The molecule has 2 aromatic carbocycles. The van der Waals surface area contributed by atoms with Crippen LogP contribution in [0, 0.1) is 0 Å². The third-order valence-electron chi connectivity index (χ3n) is 9.08. The average Bonchev–Trinajstić information content (AvgIpc) is 3.34. The van der Waals surface area contributed by atoms with Gasteiger partial charge in [0.1, 0.15) is 0 Å². The number of para-hydroxylation sites is 1. The van der Waals surface area contributed by atoms with Crippen molar-refractivity contribution in [1.29, 1.82) is 0 Å². The minimum absolute atomic E-state index is 0.0772. The summed E-state index contributed by atoms with van der Waals surface area (Å²) in [4.78, 5) is 2.39. The molecule has 1 nitrogen and oxygen atoms in total. The highest BCUT2D eigenvalue weighted by atomic mass is 15.1. The lowest BCUT2D eigenvalue weighted by molar-refractivity contribution is 0.562. The molecule has 1 atom stereocenters. The van der Waals surface area contributed by atoms with Gasteiger partial charge in [-0.15, -0.1) is 0 Å². The van der Waals surface area contributed by atoms with Crippen molar-refractivity contribution in [3.05, 3.63) is 167 Å². The molecule has 0 radical (unpaired) electrons. The van der Waals surface area contributed by atoms with E-state index < -0.39 is 0 Å². The Bertz CT molecular complexity index is 1530. The van der Waals surface area contributed by atoms with Gasteiger partial charge < -0.3 is 4.90 Å². The van der Waals surface area contributed by atoms with Gasteiger partial charge in [0.05, 0.1) is 0 Å². The molecule has 0 aliphatic heterocycles. The van der Waals surface area contributed by atoms with Crippen LogP contribution in [0.25, 0.3) is 5.57 Å². The molecule has 0 heterocycles. The monoisotopic (exact) mass is 579 g/mol. The van der Waals surface area contributed by atoms with Gasteiger partial charge in [-0.25, -0.2) is 0 Å². The smallest absolute Gasteiger partial charge is 0.0461 e. The fourth-order valence-corrected chi connectivity index (χ4v) is 6.43. The summed E-state index contributed by atoms with van der Waals surface area (Å²) in [6, 6.07) is 20.1. The fourth-order valence-electron chi connectivity index (χ4n) is 6.43. The molecule has 0 fully saturated rings. The van der Waals surface area contributed by atoms with E-state index >= 15 is 0 Å². The quantitative estimate of drug-likeness (QED) is 0.179. The van der Waals surface area contributed by atoms with Crippen LogP contribution >= 0.6 is 0 Å². The van der Waals surface area contributed by atoms with Crippen LogP contribution in [0.4, 0.5) is 5.69 Å². The lowest BCUT2D eigenvalue weighted by Crippen LogP contribution is -2.25. The van der Waals surface area contributed by atoms with E-state index in [0.717, 1.165) is 44.9 Å². The summed E-state index contributed by atoms with van der Waals surface area (Å²) in [5, 5.41) is 0. The summed E-state index contributed by atoms with van der Waals surface area (Å²) >= 11 is 0. The zero-order chi connectivity index (χ0) is 30.6. The van der Waals surface area contributed by atoms with Crippen molar-refractivity contribution in [2.24, 2.45) is 0 Å². The number of hydrogen-bond donors (Lipinski definition) is 0. The molecule has 5 rings (SSSR count). The molecule has 1 heteroatoms. The molecule has 226 valence electrons. The molecule has 3 aliphatic rings. The number of allylic oxidation sites excluding steroid dienone is 16. The standard InChI is InChI=1S/C43H49N/c1-4-6-7-11-19-35(5-2)34-43(3,38-21-12-8-13-22-38)39-31-28-37(29-32-39)36-20-18-27-42(33-30-36)44(40-23-14-9-15-24-40)41-25-16-10-17-26-41/h5,9,11-12,14-16,19-33H,4,6-8,10,13,17-18,34H2,1-3H3/b19-11-,35-5+. The molecule has 0 amide bonds. The number of unbranched alkanes of at least 4 members (excludes halogenated alkanes) is 2. The second-order valence-corrected chi connectivity index (χ2v) is 12.3. The Balaban J connectivity index is 1.39. The van der Waals surface area contributed by atoms with Crippen LogP contribution in [0.1, 0.15) is 89.7 Å². The first-order valence-electron chi connectivity index (χ1n) is 16.7. The maximum atomic E-state index is 2.46. The van der Waals surface area contributed by atoms with E-state index in [1.54, 1.807) is 0 Å². The van der Waals surface area contributed by atoms with Crippen molar-refractivity contribution < 1.29 is 0 Å². The van der Waals surface area contributed by atoms with E-state index in [9.17, 15) is 0 Å². The Kier molecular flexibility index (Phi) is 11.1. The van der Waals surface area contributed by atoms with Gasteiger partial charge >= 0.3 is 0 Å². The highest BCUT2D eigenvalue weighted by molar-refractivity contribution is 5.77. The van der Waals surface area contributed by atoms with E-state index in [-0.39, 0.29) is 5.41 Å². The molecule has 0 N–H and O–H groups in total. The molecule has 0 bridgehead atoms. The van der Waals surface area contributed by atoms with Gasteiger partial charge in [0, 0.05) is 22.5 Å². The van der Waals surface area contributed by atoms with Crippen LogP contribution in [0.15, 0.2) is 156 Å². The Labute approximate surface area is 266 Å². The van der Waals surface area contributed by atoms with Gasteiger partial charge in [0.15, 0.2) is 0 Å². The van der Waals surface area contributed by atoms with Crippen LogP contribution in [0.5, 0.6) is 0 Å². The summed E-state index contributed by atoms with van der Waals surface area (Å²) in [5.41, 5.74) is 10.3. The predicted molar refractivity (Wildman–Crippen MR) is 192 cm³/mol. The third-order valence-corrected chi connectivity index (χ3v) is 9.08. The Morgan fingerprint density at radius 1 is 0.795 bits per heavy atom. The van der Waals surface area contributed by atoms with E-state index in [4.69, 9.17) is 0 Å². The molecule has 0 aromatic heterocycles. The van der Waals surface area contributed by atoms with Crippen molar-refractivity contribution >= 4 is 11.3 Å². The molecule has 1 unspecified atom stereocenters. The topological polar surface area (TPSA) is 3.24 Å². The van der Waals surface area contributed by atoms with Crippen LogP contribution in [-0.2, 0) is 5.41 Å². The van der Waals surface area contributed by atoms with E-state index in [1.165, 1.54) is 57.8 Å². The van der Waals surface area contributed by atoms with Crippen LogP contribution in [0.2, 0.25) is 0 Å². The van der Waals surface area contributed by atoms with Crippen molar-refractivity contribution in [2.75, 3.05) is 4.90 Å². The Morgan fingerprint density at radius 3 is 2.23 bits per heavy atom. The highest BCUT2D eigenvalue weighted by Crippen LogP contribution is 2.41. The van der Waals surface area contributed by atoms with Gasteiger partial charge in [-0.05, 0) is 98.4 Å². The first-order valence-corrected chi connectivity index (χ1v) is 16.7. The number of anilines is 1. The van der Waals surface area contributed by atoms with Gasteiger partial charge in [-0.1, -0.05) is 142 Å². The van der Waals surface area contributed by atoms with Crippen LogP contribution < -0.4 is 4.90 Å². The van der Waals surface area contributed by atoms with Crippen molar-refractivity contribution in [1.82, 2.24) is 0 Å². The SMILES string of the molecule is C/C=C(\C=C/CCCC)CC(C)(C1=CCCC=C1)c1ccc(C2=CCC=C(N(C3=CCCC=C3)c3ccccc3)C=C2)cc1. The number of benzene rings is 2. The largest absolute Gasteiger partial charge is 0.311 e. The first kappa shape index (κ1) is 31.3. The first-order chi connectivity index (χ1) is 21.6. The molecule has 0 saturated carbocycles. The molecule has 0 spiro atoms. The normalized spacial score (nSPS) is 18.3. The van der Waals surface area contributed by atoms with Crippen molar-refractivity contribution in [2.45, 2.75) is 84.0 Å². The van der Waals surface area contributed by atoms with Crippen LogP contribution in [0.3, 0.4) is 0 Å².